The van der Waals surface area contributed by atoms with Gasteiger partial charge in [-0.1, -0.05) is 48.4 Å². The molecule has 2 atom stereocenters. The summed E-state index contributed by atoms with van der Waals surface area (Å²) in [6.07, 6.45) is 3.94. The van der Waals surface area contributed by atoms with Crippen LogP contribution in [0.15, 0.2) is 47.3 Å². The summed E-state index contributed by atoms with van der Waals surface area (Å²) >= 11 is 0. The Bertz CT molecular complexity index is 1450. The molecule has 1 N–H and O–H groups in total. The summed E-state index contributed by atoms with van der Waals surface area (Å²) in [7, 11) is 0. The lowest BCUT2D eigenvalue weighted by atomic mass is 10.0. The number of benzene rings is 2. The number of fused-ring (bicyclic) bond motifs is 1. The first kappa shape index (κ1) is 26.3. The predicted molar refractivity (Wildman–Crippen MR) is 149 cm³/mol. The molecule has 1 fully saturated rings. The highest BCUT2D eigenvalue weighted by molar-refractivity contribution is 5.82. The van der Waals surface area contributed by atoms with Crippen LogP contribution in [0.3, 0.4) is 0 Å². The fourth-order valence-corrected chi connectivity index (χ4v) is 5.72. The molecule has 1 aliphatic heterocycles. The SMILES string of the molecule is CC[C@@H](c1nnnn1C[C@H]1CCCO1)N(CCc1cccc(C)c1)Cc1cc2cc(C)cc(C)c2[nH]c1=O. The monoisotopic (exact) mass is 514 g/mol. The summed E-state index contributed by atoms with van der Waals surface area (Å²) in [4.78, 5) is 18.8. The Labute approximate surface area is 224 Å². The molecule has 2 aromatic heterocycles. The van der Waals surface area contributed by atoms with Crippen molar-refractivity contribution in [2.45, 2.75) is 78.6 Å². The van der Waals surface area contributed by atoms with Crippen molar-refractivity contribution in [1.29, 1.82) is 0 Å². The van der Waals surface area contributed by atoms with Crippen LogP contribution < -0.4 is 5.56 Å². The van der Waals surface area contributed by atoms with E-state index in [9.17, 15) is 4.79 Å². The topological polar surface area (TPSA) is 88.9 Å². The second-order valence-electron chi connectivity index (χ2n) is 10.7. The molecule has 1 aliphatic rings. The third kappa shape index (κ3) is 5.87. The molecule has 8 heteroatoms. The number of aromatic nitrogens is 5. The highest BCUT2D eigenvalue weighted by atomic mass is 16.5. The van der Waals surface area contributed by atoms with Gasteiger partial charge in [0, 0.05) is 25.3 Å². The summed E-state index contributed by atoms with van der Waals surface area (Å²) in [5.41, 5.74) is 6.41. The lowest BCUT2D eigenvalue weighted by molar-refractivity contribution is 0.0893. The highest BCUT2D eigenvalue weighted by Gasteiger charge is 2.27. The number of pyridine rings is 1. The molecular formula is C30H38N6O2. The van der Waals surface area contributed by atoms with Crippen LogP contribution in [0.2, 0.25) is 0 Å². The van der Waals surface area contributed by atoms with Gasteiger partial charge in [0.25, 0.3) is 5.56 Å². The molecule has 0 radical (unpaired) electrons. The number of ether oxygens (including phenoxy) is 1. The van der Waals surface area contributed by atoms with Crippen LogP contribution in [0.5, 0.6) is 0 Å². The van der Waals surface area contributed by atoms with Crippen molar-refractivity contribution < 1.29 is 4.74 Å². The Morgan fingerprint density at radius 3 is 2.79 bits per heavy atom. The van der Waals surface area contributed by atoms with Gasteiger partial charge in [0.15, 0.2) is 5.82 Å². The molecule has 0 amide bonds. The van der Waals surface area contributed by atoms with E-state index in [0.717, 1.165) is 66.7 Å². The molecule has 4 aromatic rings. The molecule has 0 unspecified atom stereocenters. The molecule has 200 valence electrons. The molecule has 0 spiro atoms. The van der Waals surface area contributed by atoms with Gasteiger partial charge in [0.2, 0.25) is 0 Å². The Morgan fingerprint density at radius 2 is 2.03 bits per heavy atom. The van der Waals surface area contributed by atoms with E-state index in [0.29, 0.717) is 13.1 Å². The summed E-state index contributed by atoms with van der Waals surface area (Å²) in [6, 6.07) is 14.9. The number of H-pyrrole nitrogens is 1. The van der Waals surface area contributed by atoms with E-state index in [-0.39, 0.29) is 17.7 Å². The second-order valence-corrected chi connectivity index (χ2v) is 10.7. The number of nitrogens with zero attached hydrogens (tertiary/aromatic N) is 5. The minimum absolute atomic E-state index is 0.0365. The van der Waals surface area contributed by atoms with Crippen molar-refractivity contribution in [2.24, 2.45) is 0 Å². The zero-order valence-corrected chi connectivity index (χ0v) is 22.9. The fraction of sp³-hybridized carbons (Fsp3) is 0.467. The Kier molecular flexibility index (Phi) is 8.00. The number of rotatable bonds is 10. The molecule has 2 aromatic carbocycles. The molecular weight excluding hydrogens is 476 g/mol. The molecule has 5 rings (SSSR count). The summed E-state index contributed by atoms with van der Waals surface area (Å²) in [5.74, 6) is 0.830. The first-order valence-electron chi connectivity index (χ1n) is 13.7. The maximum absolute atomic E-state index is 13.3. The van der Waals surface area contributed by atoms with Gasteiger partial charge < -0.3 is 9.72 Å². The number of hydrogen-bond donors (Lipinski definition) is 1. The van der Waals surface area contributed by atoms with Gasteiger partial charge >= 0.3 is 0 Å². The zero-order chi connectivity index (χ0) is 26.6. The summed E-state index contributed by atoms with van der Waals surface area (Å²) in [6.45, 7) is 11.1. The predicted octanol–water partition coefficient (Wildman–Crippen LogP) is 4.81. The second kappa shape index (κ2) is 11.6. The summed E-state index contributed by atoms with van der Waals surface area (Å²) < 4.78 is 7.77. The van der Waals surface area contributed by atoms with E-state index < -0.39 is 0 Å². The molecule has 0 aliphatic carbocycles. The van der Waals surface area contributed by atoms with E-state index in [4.69, 9.17) is 4.74 Å². The van der Waals surface area contributed by atoms with Crippen LogP contribution in [0.1, 0.15) is 65.9 Å². The minimum Gasteiger partial charge on any atom is -0.376 e. The van der Waals surface area contributed by atoms with Crippen LogP contribution in [0, 0.1) is 20.8 Å². The lowest BCUT2D eigenvalue weighted by Crippen LogP contribution is -2.34. The van der Waals surface area contributed by atoms with E-state index in [1.54, 1.807) is 0 Å². The standard InChI is InChI=1S/C30H38N6O2/c1-5-27(29-32-33-34-36(29)19-26-10-7-13-38-26)35(12-11-23-9-6-8-20(2)15-23)18-25-17-24-16-21(3)14-22(4)28(24)31-30(25)37/h6,8-9,14-17,26-27H,5,7,10-13,18-19H2,1-4H3,(H,31,37)/t26-,27+/m1/s1. The lowest BCUT2D eigenvalue weighted by Gasteiger charge is -2.30. The number of nitrogens with one attached hydrogen (secondary N) is 1. The van der Waals surface area contributed by atoms with Gasteiger partial charge in [-0.25, -0.2) is 4.68 Å². The van der Waals surface area contributed by atoms with Crippen LogP contribution >= 0.6 is 0 Å². The molecule has 3 heterocycles. The third-order valence-electron chi connectivity index (χ3n) is 7.60. The number of aryl methyl sites for hydroxylation is 3. The fourth-order valence-electron chi connectivity index (χ4n) is 5.72. The van der Waals surface area contributed by atoms with Crippen molar-refractivity contribution in [2.75, 3.05) is 13.2 Å². The van der Waals surface area contributed by atoms with Crippen molar-refractivity contribution in [3.63, 3.8) is 0 Å². The van der Waals surface area contributed by atoms with Crippen molar-refractivity contribution >= 4 is 10.9 Å². The van der Waals surface area contributed by atoms with Crippen LogP contribution in [-0.2, 0) is 24.2 Å². The maximum atomic E-state index is 13.3. The van der Waals surface area contributed by atoms with Crippen molar-refractivity contribution in [3.8, 4) is 0 Å². The normalized spacial score (nSPS) is 16.5. The number of aromatic amines is 1. The Hall–Kier alpha value is -3.36. The number of hydrogen-bond acceptors (Lipinski definition) is 6. The first-order chi connectivity index (χ1) is 18.4. The molecule has 0 saturated carbocycles. The quantitative estimate of drug-likeness (QED) is 0.327. The third-order valence-corrected chi connectivity index (χ3v) is 7.60. The van der Waals surface area contributed by atoms with Gasteiger partial charge in [0.1, 0.15) is 0 Å². The van der Waals surface area contributed by atoms with Gasteiger partial charge in [-0.3, -0.25) is 9.69 Å². The Balaban J connectivity index is 1.48. The average Bonchev–Trinajstić information content (AvgIpc) is 3.57. The average molecular weight is 515 g/mol. The van der Waals surface area contributed by atoms with Crippen molar-refractivity contribution in [1.82, 2.24) is 30.1 Å². The zero-order valence-electron chi connectivity index (χ0n) is 22.9. The highest BCUT2D eigenvalue weighted by Crippen LogP contribution is 2.26. The molecule has 1 saturated heterocycles. The minimum atomic E-state index is -0.0428. The first-order valence-corrected chi connectivity index (χ1v) is 13.7. The van der Waals surface area contributed by atoms with Gasteiger partial charge in [-0.05, 0) is 85.5 Å². The van der Waals surface area contributed by atoms with E-state index in [1.165, 1.54) is 16.7 Å². The smallest absolute Gasteiger partial charge is 0.252 e. The van der Waals surface area contributed by atoms with Crippen LogP contribution in [0.4, 0.5) is 0 Å². The number of tetrazole rings is 1. The van der Waals surface area contributed by atoms with E-state index in [2.05, 4.69) is 88.6 Å². The van der Waals surface area contributed by atoms with E-state index in [1.807, 2.05) is 11.6 Å². The molecule has 8 nitrogen and oxygen atoms in total. The van der Waals surface area contributed by atoms with Gasteiger partial charge in [0.05, 0.1) is 24.2 Å². The largest absolute Gasteiger partial charge is 0.376 e. The Morgan fingerprint density at radius 1 is 1.16 bits per heavy atom. The van der Waals surface area contributed by atoms with Crippen molar-refractivity contribution in [3.05, 3.63) is 86.5 Å². The maximum Gasteiger partial charge on any atom is 0.252 e. The summed E-state index contributed by atoms with van der Waals surface area (Å²) in [5, 5.41) is 13.9. The molecule has 0 bridgehead atoms. The van der Waals surface area contributed by atoms with Crippen LogP contribution in [0.25, 0.3) is 10.9 Å². The van der Waals surface area contributed by atoms with E-state index >= 15 is 0 Å². The van der Waals surface area contributed by atoms with Gasteiger partial charge in [-0.15, -0.1) is 5.10 Å². The van der Waals surface area contributed by atoms with Crippen LogP contribution in [-0.4, -0.2) is 49.3 Å². The van der Waals surface area contributed by atoms with Gasteiger partial charge in [-0.2, -0.15) is 0 Å². The molecule has 38 heavy (non-hydrogen) atoms.